The van der Waals surface area contributed by atoms with Crippen LogP contribution in [0.15, 0.2) is 41.6 Å². The van der Waals surface area contributed by atoms with Crippen LogP contribution in [0.3, 0.4) is 0 Å². The van der Waals surface area contributed by atoms with Crippen molar-refractivity contribution in [2.45, 2.75) is 37.1 Å². The van der Waals surface area contributed by atoms with Gasteiger partial charge in [0.1, 0.15) is 0 Å². The predicted molar refractivity (Wildman–Crippen MR) is 93.6 cm³/mol. The van der Waals surface area contributed by atoms with E-state index in [0.29, 0.717) is 10.8 Å². The molecule has 0 radical (unpaired) electrons. The molecule has 1 aliphatic rings. The first-order valence-electron chi connectivity index (χ1n) is 8.22. The fraction of sp³-hybridized carbons (Fsp3) is 0.444. The van der Waals surface area contributed by atoms with Crippen LogP contribution in [-0.4, -0.2) is 42.6 Å². The Morgan fingerprint density at radius 3 is 2.38 bits per heavy atom. The molecule has 3 rings (SSSR count). The van der Waals surface area contributed by atoms with Crippen molar-refractivity contribution in [3.63, 3.8) is 0 Å². The Morgan fingerprint density at radius 2 is 1.79 bits per heavy atom. The van der Waals surface area contributed by atoms with Crippen molar-refractivity contribution in [1.29, 1.82) is 0 Å². The number of nitrogens with zero attached hydrogens (tertiary/aromatic N) is 3. The molecule has 1 fully saturated rings. The first-order valence-corrected chi connectivity index (χ1v) is 10.1. The number of likely N-dealkylation sites (tertiary alicyclic amines) is 1. The van der Waals surface area contributed by atoms with E-state index in [9.17, 15) is 8.42 Å². The van der Waals surface area contributed by atoms with Crippen LogP contribution in [0, 0.1) is 6.92 Å². The minimum atomic E-state index is -3.12. The van der Waals surface area contributed by atoms with E-state index < -0.39 is 9.84 Å². The molecule has 6 heteroatoms. The molecule has 128 valence electrons. The van der Waals surface area contributed by atoms with E-state index in [1.807, 2.05) is 25.3 Å². The number of sulfone groups is 1. The van der Waals surface area contributed by atoms with Gasteiger partial charge in [0.15, 0.2) is 9.84 Å². The number of piperidine rings is 1. The van der Waals surface area contributed by atoms with Crippen LogP contribution in [0.25, 0.3) is 0 Å². The zero-order chi connectivity index (χ0) is 17.2. The Kier molecular flexibility index (Phi) is 4.96. The van der Waals surface area contributed by atoms with Gasteiger partial charge in [0.05, 0.1) is 16.3 Å². The normalized spacial score (nSPS) is 17.1. The lowest BCUT2D eigenvalue weighted by atomic mass is 9.93. The highest BCUT2D eigenvalue weighted by Gasteiger charge is 2.22. The van der Waals surface area contributed by atoms with E-state index in [2.05, 4.69) is 14.9 Å². The summed E-state index contributed by atoms with van der Waals surface area (Å²) >= 11 is 0. The van der Waals surface area contributed by atoms with Gasteiger partial charge in [0.25, 0.3) is 0 Å². The van der Waals surface area contributed by atoms with E-state index in [0.717, 1.165) is 49.4 Å². The summed E-state index contributed by atoms with van der Waals surface area (Å²) in [7, 11) is -3.12. The predicted octanol–water partition coefficient (Wildman–Crippen LogP) is 2.57. The maximum Gasteiger partial charge on any atom is 0.175 e. The molecule has 0 bridgehead atoms. The first kappa shape index (κ1) is 17.0. The molecular formula is C18H23N3O2S. The second-order valence-corrected chi connectivity index (χ2v) is 8.57. The van der Waals surface area contributed by atoms with Crippen LogP contribution >= 0.6 is 0 Å². The van der Waals surface area contributed by atoms with Gasteiger partial charge in [0.2, 0.25) is 0 Å². The van der Waals surface area contributed by atoms with Crippen LogP contribution in [-0.2, 0) is 16.4 Å². The Morgan fingerprint density at radius 1 is 1.12 bits per heavy atom. The van der Waals surface area contributed by atoms with E-state index >= 15 is 0 Å². The van der Waals surface area contributed by atoms with Crippen molar-refractivity contribution < 1.29 is 8.42 Å². The maximum absolute atomic E-state index is 11.5. The number of hydrogen-bond donors (Lipinski definition) is 0. The summed E-state index contributed by atoms with van der Waals surface area (Å²) in [6.07, 6.45) is 7.08. The summed E-state index contributed by atoms with van der Waals surface area (Å²) in [5.74, 6) is 0.487. The van der Waals surface area contributed by atoms with Crippen molar-refractivity contribution in [3.8, 4) is 0 Å². The third kappa shape index (κ3) is 4.19. The molecule has 1 aromatic carbocycles. The summed E-state index contributed by atoms with van der Waals surface area (Å²) in [5.41, 5.74) is 3.23. The van der Waals surface area contributed by atoms with E-state index in [-0.39, 0.29) is 0 Å². The molecule has 5 nitrogen and oxygen atoms in total. The SMILES string of the molecule is Cc1cncc(C2CCN(Cc3ccc(S(C)(=O)=O)cc3)CC2)n1. The van der Waals surface area contributed by atoms with Gasteiger partial charge in [-0.25, -0.2) is 8.42 Å². The minimum Gasteiger partial charge on any atom is -0.299 e. The van der Waals surface area contributed by atoms with Gasteiger partial charge in [-0.05, 0) is 50.6 Å². The van der Waals surface area contributed by atoms with Gasteiger partial charge in [-0.1, -0.05) is 12.1 Å². The van der Waals surface area contributed by atoms with Crippen LogP contribution < -0.4 is 0 Å². The van der Waals surface area contributed by atoms with Gasteiger partial charge < -0.3 is 0 Å². The third-order valence-electron chi connectivity index (χ3n) is 4.54. The van der Waals surface area contributed by atoms with Crippen molar-refractivity contribution in [2.24, 2.45) is 0 Å². The van der Waals surface area contributed by atoms with Gasteiger partial charge in [-0.3, -0.25) is 14.9 Å². The Balaban J connectivity index is 1.57. The molecule has 1 saturated heterocycles. The highest BCUT2D eigenvalue weighted by molar-refractivity contribution is 7.90. The zero-order valence-electron chi connectivity index (χ0n) is 14.1. The largest absolute Gasteiger partial charge is 0.299 e. The van der Waals surface area contributed by atoms with E-state index in [1.54, 1.807) is 18.3 Å². The van der Waals surface area contributed by atoms with Crippen molar-refractivity contribution in [2.75, 3.05) is 19.3 Å². The van der Waals surface area contributed by atoms with Crippen LogP contribution in [0.5, 0.6) is 0 Å². The van der Waals surface area contributed by atoms with Crippen LogP contribution in [0.1, 0.15) is 35.7 Å². The molecule has 0 unspecified atom stereocenters. The number of aromatic nitrogens is 2. The standard InChI is InChI=1S/C18H23N3O2S/c1-14-11-19-12-18(20-14)16-7-9-21(10-8-16)13-15-3-5-17(6-4-15)24(2,22)23/h3-6,11-12,16H,7-10,13H2,1-2H3. The molecule has 0 saturated carbocycles. The van der Waals surface area contributed by atoms with Crippen molar-refractivity contribution >= 4 is 9.84 Å². The molecule has 1 aromatic heterocycles. The molecule has 0 amide bonds. The van der Waals surface area contributed by atoms with Crippen LogP contribution in [0.4, 0.5) is 0 Å². The fourth-order valence-corrected chi connectivity index (χ4v) is 3.80. The summed E-state index contributed by atoms with van der Waals surface area (Å²) in [6.45, 7) is 4.88. The molecule has 24 heavy (non-hydrogen) atoms. The Hall–Kier alpha value is -1.79. The van der Waals surface area contributed by atoms with Gasteiger partial charge in [-0.15, -0.1) is 0 Å². The second kappa shape index (κ2) is 6.99. The molecule has 0 N–H and O–H groups in total. The van der Waals surface area contributed by atoms with Crippen molar-refractivity contribution in [3.05, 3.63) is 53.6 Å². The number of benzene rings is 1. The molecule has 1 aliphatic heterocycles. The lowest BCUT2D eigenvalue weighted by molar-refractivity contribution is 0.203. The van der Waals surface area contributed by atoms with Gasteiger partial charge in [0, 0.05) is 31.1 Å². The molecule has 2 heterocycles. The lowest BCUT2D eigenvalue weighted by Crippen LogP contribution is -2.32. The Labute approximate surface area is 143 Å². The number of rotatable bonds is 4. The quantitative estimate of drug-likeness (QED) is 0.852. The molecular weight excluding hydrogens is 322 g/mol. The smallest absolute Gasteiger partial charge is 0.175 e. The molecule has 0 atom stereocenters. The maximum atomic E-state index is 11.5. The number of aryl methyl sites for hydroxylation is 1. The lowest BCUT2D eigenvalue weighted by Gasteiger charge is -2.31. The fourth-order valence-electron chi connectivity index (χ4n) is 3.17. The highest BCUT2D eigenvalue weighted by atomic mass is 32.2. The highest BCUT2D eigenvalue weighted by Crippen LogP contribution is 2.27. The zero-order valence-corrected chi connectivity index (χ0v) is 15.0. The molecule has 2 aromatic rings. The molecule has 0 spiro atoms. The van der Waals surface area contributed by atoms with Crippen LogP contribution in [0.2, 0.25) is 0 Å². The summed E-state index contributed by atoms with van der Waals surface area (Å²) in [5, 5.41) is 0. The monoisotopic (exact) mass is 345 g/mol. The average molecular weight is 345 g/mol. The van der Waals surface area contributed by atoms with Gasteiger partial charge >= 0.3 is 0 Å². The average Bonchev–Trinajstić information content (AvgIpc) is 2.55. The second-order valence-electron chi connectivity index (χ2n) is 6.55. The Bertz CT molecular complexity index is 795. The van der Waals surface area contributed by atoms with Gasteiger partial charge in [-0.2, -0.15) is 0 Å². The van der Waals surface area contributed by atoms with E-state index in [4.69, 9.17) is 0 Å². The first-order chi connectivity index (χ1) is 11.4. The van der Waals surface area contributed by atoms with E-state index in [1.165, 1.54) is 6.26 Å². The summed E-state index contributed by atoms with van der Waals surface area (Å²) in [4.78, 5) is 11.6. The summed E-state index contributed by atoms with van der Waals surface area (Å²) in [6, 6.07) is 7.21. The minimum absolute atomic E-state index is 0.378. The van der Waals surface area contributed by atoms with Crippen molar-refractivity contribution in [1.82, 2.24) is 14.9 Å². The molecule has 0 aliphatic carbocycles. The topological polar surface area (TPSA) is 63.2 Å². The third-order valence-corrected chi connectivity index (χ3v) is 5.67. The summed E-state index contributed by atoms with van der Waals surface area (Å²) < 4.78 is 23.0. The number of hydrogen-bond acceptors (Lipinski definition) is 5.